The van der Waals surface area contributed by atoms with Crippen molar-refractivity contribution < 1.29 is 30.0 Å². The zero-order valence-electron chi connectivity index (χ0n) is 11.3. The summed E-state index contributed by atoms with van der Waals surface area (Å²) in [6.45, 7) is 4.78. The third kappa shape index (κ3) is 3.16. The highest BCUT2D eigenvalue weighted by Crippen LogP contribution is 2.43. The SMILES string of the molecule is Cc1c(C)c(O)c(S[C@H](CC(=O)O)C(=O)O)c(C)c1O. The van der Waals surface area contributed by atoms with Gasteiger partial charge in [-0.25, -0.2) is 0 Å². The zero-order valence-corrected chi connectivity index (χ0v) is 12.1. The van der Waals surface area contributed by atoms with Crippen molar-refractivity contribution in [3.8, 4) is 11.5 Å². The Balaban J connectivity index is 3.26. The molecule has 1 rings (SSSR count). The lowest BCUT2D eigenvalue weighted by Gasteiger charge is -2.17. The summed E-state index contributed by atoms with van der Waals surface area (Å²) in [6.07, 6.45) is -0.577. The Morgan fingerprint density at radius 3 is 1.95 bits per heavy atom. The van der Waals surface area contributed by atoms with E-state index >= 15 is 0 Å². The molecule has 4 N–H and O–H groups in total. The number of hydrogen-bond acceptors (Lipinski definition) is 5. The monoisotopic (exact) mass is 300 g/mol. The van der Waals surface area contributed by atoms with E-state index in [1.54, 1.807) is 20.8 Å². The number of carboxylic acids is 2. The summed E-state index contributed by atoms with van der Waals surface area (Å²) in [6, 6.07) is 0. The fourth-order valence-electron chi connectivity index (χ4n) is 1.72. The first-order valence-corrected chi connectivity index (χ1v) is 6.67. The van der Waals surface area contributed by atoms with Gasteiger partial charge in [0.05, 0.1) is 11.3 Å². The molecule has 0 saturated heterocycles. The maximum absolute atomic E-state index is 11.1. The summed E-state index contributed by atoms with van der Waals surface area (Å²) in [4.78, 5) is 21.9. The van der Waals surface area contributed by atoms with Crippen LogP contribution in [0.3, 0.4) is 0 Å². The van der Waals surface area contributed by atoms with Gasteiger partial charge >= 0.3 is 11.9 Å². The molecule has 0 aromatic heterocycles. The molecule has 0 aliphatic rings. The number of rotatable bonds is 5. The van der Waals surface area contributed by atoms with Crippen LogP contribution in [0.4, 0.5) is 0 Å². The van der Waals surface area contributed by atoms with E-state index in [1.807, 2.05) is 0 Å². The van der Waals surface area contributed by atoms with Crippen molar-refractivity contribution in [2.75, 3.05) is 0 Å². The van der Waals surface area contributed by atoms with Gasteiger partial charge in [-0.3, -0.25) is 9.59 Å². The molecule has 0 radical (unpaired) electrons. The fraction of sp³-hybridized carbons (Fsp3) is 0.385. The van der Waals surface area contributed by atoms with E-state index in [0.29, 0.717) is 16.7 Å². The van der Waals surface area contributed by atoms with Crippen LogP contribution in [-0.2, 0) is 9.59 Å². The predicted molar refractivity (Wildman–Crippen MR) is 73.5 cm³/mol. The minimum absolute atomic E-state index is 0.0257. The lowest BCUT2D eigenvalue weighted by Crippen LogP contribution is -2.20. The molecule has 0 unspecified atom stereocenters. The van der Waals surface area contributed by atoms with Crippen LogP contribution < -0.4 is 0 Å². The molecule has 7 heteroatoms. The van der Waals surface area contributed by atoms with Crippen molar-refractivity contribution >= 4 is 23.7 Å². The number of phenols is 2. The molecule has 1 atom stereocenters. The summed E-state index contributed by atoms with van der Waals surface area (Å²) in [5.74, 6) is -2.68. The molecule has 110 valence electrons. The Morgan fingerprint density at radius 2 is 1.50 bits per heavy atom. The zero-order chi connectivity index (χ0) is 15.6. The van der Waals surface area contributed by atoms with Crippen molar-refractivity contribution in [3.63, 3.8) is 0 Å². The number of phenolic OH excluding ortho intramolecular Hbond substituents is 2. The highest BCUT2D eigenvalue weighted by atomic mass is 32.2. The largest absolute Gasteiger partial charge is 0.507 e. The second kappa shape index (κ2) is 6.04. The first kappa shape index (κ1) is 16.2. The maximum atomic E-state index is 11.1. The van der Waals surface area contributed by atoms with Gasteiger partial charge in [0, 0.05) is 5.56 Å². The van der Waals surface area contributed by atoms with E-state index in [-0.39, 0.29) is 16.4 Å². The summed E-state index contributed by atoms with van der Waals surface area (Å²) in [5, 5.41) is 36.5. The molecule has 0 fully saturated rings. The van der Waals surface area contributed by atoms with E-state index in [4.69, 9.17) is 10.2 Å². The molecule has 1 aromatic carbocycles. The molecular weight excluding hydrogens is 284 g/mol. The van der Waals surface area contributed by atoms with Crippen LogP contribution in [0, 0.1) is 20.8 Å². The van der Waals surface area contributed by atoms with Gasteiger partial charge in [0.1, 0.15) is 16.7 Å². The van der Waals surface area contributed by atoms with Crippen LogP contribution in [0.1, 0.15) is 23.1 Å². The number of hydrogen-bond donors (Lipinski definition) is 4. The van der Waals surface area contributed by atoms with Gasteiger partial charge in [0.15, 0.2) is 0 Å². The van der Waals surface area contributed by atoms with E-state index in [1.165, 1.54) is 0 Å². The lowest BCUT2D eigenvalue weighted by atomic mass is 10.0. The Labute approximate surface area is 120 Å². The maximum Gasteiger partial charge on any atom is 0.317 e. The predicted octanol–water partition coefficient (Wildman–Crippen LogP) is 2.04. The number of thioether (sulfide) groups is 1. The average molecular weight is 300 g/mol. The average Bonchev–Trinajstić information content (AvgIpc) is 2.37. The third-order valence-corrected chi connectivity index (χ3v) is 4.47. The van der Waals surface area contributed by atoms with E-state index in [0.717, 1.165) is 11.8 Å². The summed E-state index contributed by atoms with van der Waals surface area (Å²) >= 11 is 0.725. The number of benzene rings is 1. The quantitative estimate of drug-likeness (QED) is 0.486. The molecule has 0 amide bonds. The minimum atomic E-state index is -1.28. The van der Waals surface area contributed by atoms with Crippen molar-refractivity contribution in [3.05, 3.63) is 16.7 Å². The normalized spacial score (nSPS) is 12.2. The first-order valence-electron chi connectivity index (χ1n) is 5.79. The van der Waals surface area contributed by atoms with Crippen LogP contribution >= 0.6 is 11.8 Å². The van der Waals surface area contributed by atoms with Gasteiger partial charge in [-0.2, -0.15) is 0 Å². The number of carboxylic acid groups (broad SMARTS) is 2. The molecule has 0 heterocycles. The Morgan fingerprint density at radius 1 is 1.00 bits per heavy atom. The van der Waals surface area contributed by atoms with E-state index in [2.05, 4.69) is 0 Å². The summed E-state index contributed by atoms with van der Waals surface area (Å²) in [5.41, 5.74) is 1.29. The molecule has 1 aromatic rings. The van der Waals surface area contributed by atoms with Crippen molar-refractivity contribution in [1.29, 1.82) is 0 Å². The van der Waals surface area contributed by atoms with Gasteiger partial charge < -0.3 is 20.4 Å². The molecule has 0 bridgehead atoms. The molecule has 20 heavy (non-hydrogen) atoms. The van der Waals surface area contributed by atoms with E-state index < -0.39 is 23.6 Å². The number of aliphatic carboxylic acids is 2. The van der Waals surface area contributed by atoms with Gasteiger partial charge in [0.2, 0.25) is 0 Å². The molecule has 0 aliphatic carbocycles. The molecular formula is C13H16O6S. The Hall–Kier alpha value is -1.89. The van der Waals surface area contributed by atoms with Crippen molar-refractivity contribution in [2.45, 2.75) is 37.3 Å². The first-order chi connectivity index (χ1) is 9.16. The molecule has 0 spiro atoms. The molecule has 0 saturated carbocycles. The van der Waals surface area contributed by atoms with Crippen LogP contribution in [0.2, 0.25) is 0 Å². The molecule has 0 aliphatic heterocycles. The van der Waals surface area contributed by atoms with Crippen molar-refractivity contribution in [1.82, 2.24) is 0 Å². The van der Waals surface area contributed by atoms with Crippen LogP contribution in [-0.4, -0.2) is 37.6 Å². The Kier molecular flexibility index (Phi) is 4.88. The lowest BCUT2D eigenvalue weighted by molar-refractivity contribution is -0.142. The van der Waals surface area contributed by atoms with Gasteiger partial charge in [-0.1, -0.05) is 0 Å². The van der Waals surface area contributed by atoms with Crippen LogP contribution in [0.15, 0.2) is 4.90 Å². The summed E-state index contributed by atoms with van der Waals surface area (Å²) in [7, 11) is 0. The second-order valence-corrected chi connectivity index (χ2v) is 5.66. The number of carbonyl (C=O) groups is 2. The summed E-state index contributed by atoms with van der Waals surface area (Å²) < 4.78 is 0. The highest BCUT2D eigenvalue weighted by molar-refractivity contribution is 8.00. The van der Waals surface area contributed by atoms with Crippen LogP contribution in [0.25, 0.3) is 0 Å². The van der Waals surface area contributed by atoms with Gasteiger partial charge in [-0.15, -0.1) is 11.8 Å². The topological polar surface area (TPSA) is 115 Å². The van der Waals surface area contributed by atoms with E-state index in [9.17, 15) is 19.8 Å². The van der Waals surface area contributed by atoms with Crippen LogP contribution in [0.5, 0.6) is 11.5 Å². The standard InChI is InChI=1S/C13H16O6S/c1-5-6(2)11(17)12(7(3)10(5)16)20-8(13(18)19)4-9(14)15/h8,16-17H,4H2,1-3H3,(H,14,15)(H,18,19)/t8-/m1/s1. The number of aromatic hydroxyl groups is 2. The van der Waals surface area contributed by atoms with Gasteiger partial charge in [0.25, 0.3) is 0 Å². The smallest absolute Gasteiger partial charge is 0.317 e. The van der Waals surface area contributed by atoms with Gasteiger partial charge in [-0.05, 0) is 31.9 Å². The third-order valence-electron chi connectivity index (χ3n) is 3.08. The minimum Gasteiger partial charge on any atom is -0.507 e. The highest BCUT2D eigenvalue weighted by Gasteiger charge is 2.26. The Bertz CT molecular complexity index is 537. The second-order valence-electron chi connectivity index (χ2n) is 4.44. The van der Waals surface area contributed by atoms with Crippen molar-refractivity contribution in [2.24, 2.45) is 0 Å². The fourth-order valence-corrected chi connectivity index (χ4v) is 2.87. The molecule has 6 nitrogen and oxygen atoms in total.